The number of esters is 1. The Balaban J connectivity index is 1.80. The maximum Gasteiger partial charge on any atom is 0.410 e. The molecule has 1 aromatic carbocycles. The van der Waals surface area contributed by atoms with Crippen LogP contribution in [0.2, 0.25) is 0 Å². The molecule has 1 aromatic rings. The first-order valence-corrected chi connectivity index (χ1v) is 8.94. The number of benzene rings is 1. The zero-order valence-corrected chi connectivity index (χ0v) is 15.8. The fourth-order valence-electron chi connectivity index (χ4n) is 3.83. The van der Waals surface area contributed by atoms with Gasteiger partial charge in [-0.3, -0.25) is 4.90 Å². The van der Waals surface area contributed by atoms with Crippen molar-refractivity contribution < 1.29 is 19.1 Å². The number of fused-ring (bicyclic) bond motifs is 2. The summed E-state index contributed by atoms with van der Waals surface area (Å²) in [6.45, 7) is 6.97. The molecule has 26 heavy (non-hydrogen) atoms. The first-order chi connectivity index (χ1) is 12.2. The van der Waals surface area contributed by atoms with Gasteiger partial charge in [0.15, 0.2) is 0 Å². The SMILES string of the molecule is COC(=O)c1cccc(N2CC3CC[C@@H](C2)N3C(=O)OC(C)(C)C)c1N. The predicted molar refractivity (Wildman–Crippen MR) is 99.3 cm³/mol. The third-order valence-corrected chi connectivity index (χ3v) is 4.92. The van der Waals surface area contributed by atoms with Crippen molar-refractivity contribution in [2.75, 3.05) is 30.8 Å². The number of hydrogen-bond donors (Lipinski definition) is 1. The third kappa shape index (κ3) is 3.43. The van der Waals surface area contributed by atoms with Crippen LogP contribution in [0.1, 0.15) is 44.0 Å². The molecule has 3 rings (SSSR count). The summed E-state index contributed by atoms with van der Waals surface area (Å²) < 4.78 is 10.4. The van der Waals surface area contributed by atoms with Gasteiger partial charge in [-0.1, -0.05) is 6.07 Å². The highest BCUT2D eigenvalue weighted by molar-refractivity contribution is 5.98. The number of methoxy groups -OCH3 is 1. The number of anilines is 2. The quantitative estimate of drug-likeness (QED) is 0.644. The molecular weight excluding hydrogens is 334 g/mol. The Morgan fingerprint density at radius 3 is 2.31 bits per heavy atom. The highest BCUT2D eigenvalue weighted by Gasteiger charge is 2.44. The number of ether oxygens (including phenoxy) is 2. The summed E-state index contributed by atoms with van der Waals surface area (Å²) in [7, 11) is 1.34. The van der Waals surface area contributed by atoms with Gasteiger partial charge < -0.3 is 20.1 Å². The van der Waals surface area contributed by atoms with Crippen molar-refractivity contribution in [3.05, 3.63) is 23.8 Å². The van der Waals surface area contributed by atoms with Crippen LogP contribution in [0.3, 0.4) is 0 Å². The van der Waals surface area contributed by atoms with E-state index in [1.165, 1.54) is 7.11 Å². The Morgan fingerprint density at radius 2 is 1.77 bits per heavy atom. The van der Waals surface area contributed by atoms with E-state index in [1.807, 2.05) is 31.7 Å². The monoisotopic (exact) mass is 361 g/mol. The number of hydrogen-bond acceptors (Lipinski definition) is 6. The maximum absolute atomic E-state index is 12.6. The zero-order valence-electron chi connectivity index (χ0n) is 15.8. The third-order valence-electron chi connectivity index (χ3n) is 4.92. The lowest BCUT2D eigenvalue weighted by atomic mass is 10.1. The molecule has 2 aliphatic heterocycles. The van der Waals surface area contributed by atoms with Crippen LogP contribution >= 0.6 is 0 Å². The van der Waals surface area contributed by atoms with Gasteiger partial charge in [-0.05, 0) is 45.7 Å². The average Bonchev–Trinajstić information content (AvgIpc) is 2.83. The van der Waals surface area contributed by atoms with Crippen LogP contribution < -0.4 is 10.6 Å². The summed E-state index contributed by atoms with van der Waals surface area (Å²) in [4.78, 5) is 28.5. The first kappa shape index (κ1) is 18.4. The largest absolute Gasteiger partial charge is 0.465 e. The van der Waals surface area contributed by atoms with Crippen LogP contribution in [0.25, 0.3) is 0 Å². The molecule has 0 aromatic heterocycles. The Labute approximate surface area is 154 Å². The first-order valence-electron chi connectivity index (χ1n) is 8.94. The normalized spacial score (nSPS) is 22.3. The molecule has 2 saturated heterocycles. The van der Waals surface area contributed by atoms with Gasteiger partial charge in [-0.15, -0.1) is 0 Å². The summed E-state index contributed by atoms with van der Waals surface area (Å²) in [6.07, 6.45) is 1.63. The number of carbonyl (C=O) groups excluding carboxylic acids is 2. The second-order valence-corrected chi connectivity index (χ2v) is 7.91. The van der Waals surface area contributed by atoms with Crippen LogP contribution in [-0.4, -0.2) is 54.8 Å². The lowest BCUT2D eigenvalue weighted by Gasteiger charge is -2.42. The van der Waals surface area contributed by atoms with Gasteiger partial charge >= 0.3 is 12.1 Å². The van der Waals surface area contributed by atoms with Gasteiger partial charge in [-0.2, -0.15) is 0 Å². The van der Waals surface area contributed by atoms with Crippen LogP contribution in [0.4, 0.5) is 16.2 Å². The van der Waals surface area contributed by atoms with Crippen molar-refractivity contribution in [3.63, 3.8) is 0 Å². The van der Waals surface area contributed by atoms with Gasteiger partial charge in [0.25, 0.3) is 0 Å². The van der Waals surface area contributed by atoms with Crippen LogP contribution in [0.15, 0.2) is 18.2 Å². The molecule has 0 aliphatic carbocycles. The fraction of sp³-hybridized carbons (Fsp3) is 0.579. The van der Waals surface area contributed by atoms with E-state index < -0.39 is 11.6 Å². The van der Waals surface area contributed by atoms with E-state index in [9.17, 15) is 9.59 Å². The van der Waals surface area contributed by atoms with Gasteiger partial charge in [0, 0.05) is 13.1 Å². The molecule has 1 unspecified atom stereocenters. The number of para-hydroxylation sites is 1. The molecule has 0 spiro atoms. The van der Waals surface area contributed by atoms with Gasteiger partial charge in [0.1, 0.15) is 5.60 Å². The van der Waals surface area contributed by atoms with E-state index in [2.05, 4.69) is 4.90 Å². The van der Waals surface area contributed by atoms with E-state index in [0.717, 1.165) is 18.5 Å². The lowest BCUT2D eigenvalue weighted by molar-refractivity contribution is 0.0123. The standard InChI is InChI=1S/C19H27N3O4/c1-19(2,3)26-18(24)22-12-8-9-13(22)11-21(10-12)15-7-5-6-14(16(15)20)17(23)25-4/h5-7,12-13H,8-11,20H2,1-4H3/t12-,13?/m0/s1. The number of rotatable bonds is 2. The van der Waals surface area contributed by atoms with Crippen molar-refractivity contribution in [2.24, 2.45) is 0 Å². The van der Waals surface area contributed by atoms with Crippen LogP contribution in [-0.2, 0) is 9.47 Å². The molecule has 1 amide bonds. The minimum atomic E-state index is -0.507. The van der Waals surface area contributed by atoms with E-state index in [-0.39, 0.29) is 18.2 Å². The molecule has 142 valence electrons. The van der Waals surface area contributed by atoms with E-state index >= 15 is 0 Å². The van der Waals surface area contributed by atoms with Crippen LogP contribution in [0.5, 0.6) is 0 Å². The summed E-state index contributed by atoms with van der Waals surface area (Å²) >= 11 is 0. The zero-order chi connectivity index (χ0) is 19.1. The van der Waals surface area contributed by atoms with Crippen molar-refractivity contribution in [1.29, 1.82) is 0 Å². The van der Waals surface area contributed by atoms with Crippen LogP contribution in [0, 0.1) is 0 Å². The number of nitrogen functional groups attached to an aromatic ring is 1. The topological polar surface area (TPSA) is 85.1 Å². The average molecular weight is 361 g/mol. The predicted octanol–water partition coefficient (Wildman–Crippen LogP) is 2.64. The van der Waals surface area contributed by atoms with Gasteiger partial charge in [0.05, 0.1) is 36.1 Å². The smallest absolute Gasteiger partial charge is 0.410 e. The summed E-state index contributed by atoms with van der Waals surface area (Å²) in [5.74, 6) is -0.445. The number of nitrogens with zero attached hydrogens (tertiary/aromatic N) is 2. The Bertz CT molecular complexity index is 699. The number of nitrogens with two attached hydrogens (primary N) is 1. The van der Waals surface area contributed by atoms with E-state index in [4.69, 9.17) is 15.2 Å². The number of carbonyl (C=O) groups is 2. The molecule has 7 nitrogen and oxygen atoms in total. The molecule has 2 N–H and O–H groups in total. The molecule has 0 radical (unpaired) electrons. The molecule has 2 atom stereocenters. The Kier molecular flexibility index (Phi) is 4.73. The van der Waals surface area contributed by atoms with Crippen molar-refractivity contribution in [3.8, 4) is 0 Å². The minimum Gasteiger partial charge on any atom is -0.465 e. The highest BCUT2D eigenvalue weighted by Crippen LogP contribution is 2.36. The fourth-order valence-corrected chi connectivity index (χ4v) is 3.83. The highest BCUT2D eigenvalue weighted by atomic mass is 16.6. The molecule has 2 aliphatic rings. The molecule has 2 fully saturated rings. The molecule has 0 saturated carbocycles. The molecule has 7 heteroatoms. The van der Waals surface area contributed by atoms with E-state index in [0.29, 0.717) is 24.3 Å². The Morgan fingerprint density at radius 1 is 1.15 bits per heavy atom. The second kappa shape index (κ2) is 6.70. The summed E-state index contributed by atoms with van der Waals surface area (Å²) in [5.41, 5.74) is 7.33. The summed E-state index contributed by atoms with van der Waals surface area (Å²) in [5, 5.41) is 0. The number of amides is 1. The maximum atomic E-state index is 12.6. The second-order valence-electron chi connectivity index (χ2n) is 7.91. The van der Waals surface area contributed by atoms with E-state index in [1.54, 1.807) is 12.1 Å². The minimum absolute atomic E-state index is 0.0878. The van der Waals surface area contributed by atoms with Crippen molar-refractivity contribution in [2.45, 2.75) is 51.3 Å². The molecule has 2 heterocycles. The molecule has 2 bridgehead atoms. The number of piperazine rings is 1. The summed E-state index contributed by atoms with van der Waals surface area (Å²) in [6, 6.07) is 5.55. The lowest BCUT2D eigenvalue weighted by Crippen LogP contribution is -2.57. The van der Waals surface area contributed by atoms with Crippen molar-refractivity contribution >= 4 is 23.4 Å². The van der Waals surface area contributed by atoms with Crippen molar-refractivity contribution in [1.82, 2.24) is 4.90 Å². The van der Waals surface area contributed by atoms with Gasteiger partial charge in [-0.25, -0.2) is 9.59 Å². The van der Waals surface area contributed by atoms with Gasteiger partial charge in [0.2, 0.25) is 0 Å². The molecular formula is C19H27N3O4. The Hall–Kier alpha value is -2.44.